The van der Waals surface area contributed by atoms with Crippen LogP contribution in [0, 0.1) is 5.41 Å². The van der Waals surface area contributed by atoms with Crippen molar-refractivity contribution in [2.24, 2.45) is 5.41 Å². The molecule has 3 aromatic heterocycles. The Balaban J connectivity index is 1.61. The van der Waals surface area contributed by atoms with Crippen molar-refractivity contribution in [1.82, 2.24) is 14.5 Å². The van der Waals surface area contributed by atoms with Crippen LogP contribution in [0.1, 0.15) is 40.0 Å². The lowest BCUT2D eigenvalue weighted by Crippen LogP contribution is -2.41. The molecule has 7 heteroatoms. The first-order chi connectivity index (χ1) is 13.3. The number of aromatic nitrogens is 2. The fourth-order valence-electron chi connectivity index (χ4n) is 4.01. The van der Waals surface area contributed by atoms with E-state index in [2.05, 4.69) is 25.8 Å². The summed E-state index contributed by atoms with van der Waals surface area (Å²) in [6.45, 7) is 7.46. The molecule has 1 amide bonds. The summed E-state index contributed by atoms with van der Waals surface area (Å²) in [5, 5.41) is 4.60. The third kappa shape index (κ3) is 3.78. The van der Waals surface area contributed by atoms with Crippen molar-refractivity contribution >= 4 is 38.8 Å². The molecule has 0 aromatic carbocycles. The summed E-state index contributed by atoms with van der Waals surface area (Å²) in [5.74, 6) is 0.0166. The van der Waals surface area contributed by atoms with Gasteiger partial charge in [0.25, 0.3) is 5.56 Å². The van der Waals surface area contributed by atoms with Gasteiger partial charge in [-0.1, -0.05) is 26.8 Å². The van der Waals surface area contributed by atoms with E-state index in [1.54, 1.807) is 11.3 Å². The van der Waals surface area contributed by atoms with Gasteiger partial charge in [-0.05, 0) is 36.1 Å². The first-order valence-corrected chi connectivity index (χ1v) is 11.4. The fraction of sp³-hybridized carbons (Fsp3) is 0.476. The van der Waals surface area contributed by atoms with Gasteiger partial charge >= 0.3 is 0 Å². The molecule has 1 saturated heterocycles. The highest BCUT2D eigenvalue weighted by molar-refractivity contribution is 7.18. The largest absolute Gasteiger partial charge is 0.338 e. The van der Waals surface area contributed by atoms with Gasteiger partial charge in [-0.2, -0.15) is 0 Å². The van der Waals surface area contributed by atoms with Crippen LogP contribution in [-0.2, 0) is 11.3 Å². The molecule has 0 N–H and O–H groups in total. The molecule has 1 aliphatic heterocycles. The molecule has 0 radical (unpaired) electrons. The van der Waals surface area contributed by atoms with E-state index in [4.69, 9.17) is 0 Å². The van der Waals surface area contributed by atoms with Crippen LogP contribution in [0.2, 0.25) is 0 Å². The van der Waals surface area contributed by atoms with E-state index in [1.165, 1.54) is 22.2 Å². The van der Waals surface area contributed by atoms with Gasteiger partial charge < -0.3 is 4.90 Å². The number of carbonyl (C=O) groups excluding carboxylic acids is 1. The van der Waals surface area contributed by atoms with Gasteiger partial charge in [-0.3, -0.25) is 14.2 Å². The van der Waals surface area contributed by atoms with Gasteiger partial charge in [0.1, 0.15) is 11.4 Å². The molecule has 5 nitrogen and oxygen atoms in total. The molecular weight excluding hydrogens is 390 g/mol. The van der Waals surface area contributed by atoms with Crippen LogP contribution in [0.4, 0.5) is 0 Å². The van der Waals surface area contributed by atoms with Crippen molar-refractivity contribution in [2.75, 3.05) is 6.54 Å². The second-order valence-corrected chi connectivity index (χ2v) is 10.4. The summed E-state index contributed by atoms with van der Waals surface area (Å²) in [6, 6.07) is 4.25. The summed E-state index contributed by atoms with van der Waals surface area (Å²) in [7, 11) is 0. The number of nitrogens with zero attached hydrogens (tertiary/aromatic N) is 3. The Bertz CT molecular complexity index is 1040. The number of fused-ring (bicyclic) bond motifs is 1. The summed E-state index contributed by atoms with van der Waals surface area (Å²) in [4.78, 5) is 34.3. The van der Waals surface area contributed by atoms with Gasteiger partial charge in [0.15, 0.2) is 0 Å². The highest BCUT2D eigenvalue weighted by Crippen LogP contribution is 2.33. The first-order valence-electron chi connectivity index (χ1n) is 9.63. The average molecular weight is 416 g/mol. The van der Waals surface area contributed by atoms with Gasteiger partial charge in [0.05, 0.1) is 11.7 Å². The molecule has 4 rings (SSSR count). The molecule has 0 bridgehead atoms. The van der Waals surface area contributed by atoms with E-state index < -0.39 is 0 Å². The molecule has 3 aromatic rings. The van der Waals surface area contributed by atoms with Crippen LogP contribution in [-0.4, -0.2) is 32.9 Å². The highest BCUT2D eigenvalue weighted by Gasteiger charge is 2.32. The van der Waals surface area contributed by atoms with Crippen molar-refractivity contribution in [3.63, 3.8) is 0 Å². The number of carbonyl (C=O) groups is 1. The Hall–Kier alpha value is -1.99. The smallest absolute Gasteiger partial charge is 0.263 e. The quantitative estimate of drug-likeness (QED) is 0.625. The van der Waals surface area contributed by atoms with Crippen molar-refractivity contribution in [1.29, 1.82) is 0 Å². The van der Waals surface area contributed by atoms with E-state index in [0.717, 1.165) is 41.1 Å². The van der Waals surface area contributed by atoms with E-state index in [-0.39, 0.29) is 29.5 Å². The molecule has 0 spiro atoms. The monoisotopic (exact) mass is 415 g/mol. The summed E-state index contributed by atoms with van der Waals surface area (Å²) in [5.41, 5.74) is 0.965. The topological polar surface area (TPSA) is 55.2 Å². The third-order valence-electron chi connectivity index (χ3n) is 5.20. The number of hydrogen-bond acceptors (Lipinski definition) is 5. The zero-order valence-electron chi connectivity index (χ0n) is 16.5. The number of hydrogen-bond donors (Lipinski definition) is 0. The van der Waals surface area contributed by atoms with Gasteiger partial charge in [-0.25, -0.2) is 4.98 Å². The molecule has 0 saturated carbocycles. The lowest BCUT2D eigenvalue weighted by molar-refractivity contribution is -0.133. The minimum absolute atomic E-state index is 0.0166. The zero-order valence-corrected chi connectivity index (χ0v) is 18.1. The minimum atomic E-state index is -0.130. The molecule has 1 fully saturated rings. The Morgan fingerprint density at radius 1 is 1.32 bits per heavy atom. The summed E-state index contributed by atoms with van der Waals surface area (Å²) < 4.78 is 1.47. The van der Waals surface area contributed by atoms with E-state index >= 15 is 0 Å². The molecule has 0 aliphatic carbocycles. The van der Waals surface area contributed by atoms with Crippen molar-refractivity contribution in [2.45, 2.75) is 52.6 Å². The van der Waals surface area contributed by atoms with E-state index in [1.807, 2.05) is 27.8 Å². The molecule has 148 valence electrons. The van der Waals surface area contributed by atoms with E-state index in [9.17, 15) is 9.59 Å². The standard InChI is InChI=1S/C21H25N3O2S2/c1-21(2,3)10-14-6-4-8-24(14)17(25)11-23-13-22-19-18(20(23)26)15(12-28-19)16-7-5-9-27-16/h5,7,9,12-14H,4,6,8,10-11H2,1-3H3. The third-order valence-corrected chi connectivity index (χ3v) is 6.99. The molecule has 1 aliphatic rings. The lowest BCUT2D eigenvalue weighted by Gasteiger charge is -2.30. The van der Waals surface area contributed by atoms with Crippen LogP contribution >= 0.6 is 22.7 Å². The van der Waals surface area contributed by atoms with Crippen molar-refractivity contribution in [3.05, 3.63) is 39.6 Å². The molecule has 4 heterocycles. The molecular formula is C21H25N3O2S2. The van der Waals surface area contributed by atoms with Crippen LogP contribution in [0.25, 0.3) is 20.7 Å². The molecule has 1 unspecified atom stereocenters. The summed E-state index contributed by atoms with van der Waals surface area (Å²) in [6.07, 6.45) is 4.58. The average Bonchev–Trinajstić information content (AvgIpc) is 3.35. The van der Waals surface area contributed by atoms with Crippen LogP contribution in [0.5, 0.6) is 0 Å². The lowest BCUT2D eigenvalue weighted by atomic mass is 9.87. The maximum absolute atomic E-state index is 13.1. The second-order valence-electron chi connectivity index (χ2n) is 8.63. The summed E-state index contributed by atoms with van der Waals surface area (Å²) >= 11 is 3.08. The van der Waals surface area contributed by atoms with Crippen molar-refractivity contribution in [3.8, 4) is 10.4 Å². The van der Waals surface area contributed by atoms with Crippen molar-refractivity contribution < 1.29 is 4.79 Å². The zero-order chi connectivity index (χ0) is 19.9. The Kier molecular flexibility index (Phi) is 5.14. The minimum Gasteiger partial charge on any atom is -0.338 e. The van der Waals surface area contributed by atoms with Crippen LogP contribution in [0.15, 0.2) is 34.0 Å². The fourth-order valence-corrected chi connectivity index (χ4v) is 5.73. The maximum atomic E-state index is 13.1. The second kappa shape index (κ2) is 7.44. The van der Waals surface area contributed by atoms with Gasteiger partial charge in [-0.15, -0.1) is 22.7 Å². The molecule has 28 heavy (non-hydrogen) atoms. The number of amides is 1. The Morgan fingerprint density at radius 3 is 2.86 bits per heavy atom. The SMILES string of the molecule is CC(C)(C)CC1CCCN1C(=O)Cn1cnc2scc(-c3cccs3)c2c1=O. The Labute approximate surface area is 172 Å². The maximum Gasteiger partial charge on any atom is 0.263 e. The van der Waals surface area contributed by atoms with Gasteiger partial charge in [0.2, 0.25) is 5.91 Å². The number of rotatable bonds is 4. The van der Waals surface area contributed by atoms with Crippen LogP contribution in [0.3, 0.4) is 0 Å². The predicted molar refractivity (Wildman–Crippen MR) is 116 cm³/mol. The normalized spacial score (nSPS) is 17.5. The Morgan fingerprint density at radius 2 is 2.14 bits per heavy atom. The number of thiophene rings is 2. The molecule has 1 atom stereocenters. The first kappa shape index (κ1) is 19.3. The van der Waals surface area contributed by atoms with Gasteiger partial charge in [0, 0.05) is 28.4 Å². The highest BCUT2D eigenvalue weighted by atomic mass is 32.1. The predicted octanol–water partition coefficient (Wildman–Crippen LogP) is 4.61. The number of likely N-dealkylation sites (tertiary alicyclic amines) is 1. The van der Waals surface area contributed by atoms with E-state index in [0.29, 0.717) is 5.39 Å². The van der Waals surface area contributed by atoms with Crippen LogP contribution < -0.4 is 5.56 Å².